The lowest BCUT2D eigenvalue weighted by molar-refractivity contribution is -0.149. The number of hydrogen-bond acceptors (Lipinski definition) is 3. The molecule has 0 spiro atoms. The number of carbonyl (C=O) groups excluding carboxylic acids is 1. The summed E-state index contributed by atoms with van der Waals surface area (Å²) >= 11 is 6.78. The number of methoxy groups -OCH3 is 1. The molecule has 0 bridgehead atoms. The molecular formula is C13H16Br2O3. The SMILES string of the molecule is CCCCC(Oc1ccc(Br)cc1Br)C(=O)OC. The molecule has 100 valence electrons. The monoisotopic (exact) mass is 378 g/mol. The first-order valence-corrected chi connectivity index (χ1v) is 7.36. The van der Waals surface area contributed by atoms with Gasteiger partial charge in [-0.3, -0.25) is 0 Å². The van der Waals surface area contributed by atoms with E-state index in [9.17, 15) is 4.79 Å². The van der Waals surface area contributed by atoms with Crippen molar-refractivity contribution in [3.05, 3.63) is 27.1 Å². The van der Waals surface area contributed by atoms with E-state index in [1.807, 2.05) is 18.2 Å². The summed E-state index contributed by atoms with van der Waals surface area (Å²) in [5.74, 6) is 0.308. The number of benzene rings is 1. The maximum atomic E-state index is 11.6. The molecule has 1 unspecified atom stereocenters. The van der Waals surface area contributed by atoms with E-state index in [4.69, 9.17) is 9.47 Å². The fraction of sp³-hybridized carbons (Fsp3) is 0.462. The van der Waals surface area contributed by atoms with E-state index in [-0.39, 0.29) is 5.97 Å². The van der Waals surface area contributed by atoms with E-state index >= 15 is 0 Å². The largest absolute Gasteiger partial charge is 0.478 e. The molecule has 5 heteroatoms. The molecule has 0 radical (unpaired) electrons. The van der Waals surface area contributed by atoms with Crippen LogP contribution in [0.25, 0.3) is 0 Å². The molecule has 0 N–H and O–H groups in total. The van der Waals surface area contributed by atoms with Gasteiger partial charge in [0.05, 0.1) is 11.6 Å². The van der Waals surface area contributed by atoms with Crippen LogP contribution >= 0.6 is 31.9 Å². The predicted octanol–water partition coefficient (Wildman–Crippen LogP) is 4.32. The van der Waals surface area contributed by atoms with Crippen LogP contribution in [0.2, 0.25) is 0 Å². The van der Waals surface area contributed by atoms with Gasteiger partial charge in [0, 0.05) is 4.47 Å². The van der Waals surface area contributed by atoms with Crippen LogP contribution in [0.1, 0.15) is 26.2 Å². The third kappa shape index (κ3) is 4.61. The van der Waals surface area contributed by atoms with Crippen LogP contribution in [0, 0.1) is 0 Å². The number of carbonyl (C=O) groups is 1. The molecule has 0 aliphatic heterocycles. The van der Waals surface area contributed by atoms with Crippen molar-refractivity contribution in [2.45, 2.75) is 32.3 Å². The zero-order chi connectivity index (χ0) is 13.5. The fourth-order valence-electron chi connectivity index (χ4n) is 1.47. The molecule has 18 heavy (non-hydrogen) atoms. The molecule has 0 amide bonds. The lowest BCUT2D eigenvalue weighted by Gasteiger charge is -2.17. The molecule has 1 aromatic rings. The van der Waals surface area contributed by atoms with Crippen molar-refractivity contribution in [3.63, 3.8) is 0 Å². The van der Waals surface area contributed by atoms with Crippen molar-refractivity contribution < 1.29 is 14.3 Å². The Bertz CT molecular complexity index is 407. The highest BCUT2D eigenvalue weighted by Crippen LogP contribution is 2.29. The Hall–Kier alpha value is -0.550. The van der Waals surface area contributed by atoms with Crippen LogP contribution in [0.4, 0.5) is 0 Å². The quantitative estimate of drug-likeness (QED) is 0.690. The van der Waals surface area contributed by atoms with E-state index in [0.717, 1.165) is 21.8 Å². The highest BCUT2D eigenvalue weighted by atomic mass is 79.9. The van der Waals surface area contributed by atoms with Crippen molar-refractivity contribution in [3.8, 4) is 5.75 Å². The minimum absolute atomic E-state index is 0.335. The minimum atomic E-state index is -0.549. The van der Waals surface area contributed by atoms with Gasteiger partial charge in [-0.25, -0.2) is 4.79 Å². The number of halogens is 2. The zero-order valence-electron chi connectivity index (χ0n) is 10.4. The lowest BCUT2D eigenvalue weighted by atomic mass is 10.1. The summed E-state index contributed by atoms with van der Waals surface area (Å²) in [7, 11) is 1.38. The Morgan fingerprint density at radius 2 is 2.11 bits per heavy atom. The summed E-state index contributed by atoms with van der Waals surface area (Å²) in [6, 6.07) is 5.56. The van der Waals surface area contributed by atoms with Gasteiger partial charge in [0.1, 0.15) is 5.75 Å². The summed E-state index contributed by atoms with van der Waals surface area (Å²) < 4.78 is 12.2. The Morgan fingerprint density at radius 3 is 2.67 bits per heavy atom. The van der Waals surface area contributed by atoms with Crippen LogP contribution in [-0.2, 0) is 9.53 Å². The molecule has 0 saturated carbocycles. The van der Waals surface area contributed by atoms with Crippen molar-refractivity contribution in [2.75, 3.05) is 7.11 Å². The van der Waals surface area contributed by atoms with E-state index in [0.29, 0.717) is 12.2 Å². The van der Waals surface area contributed by atoms with Crippen molar-refractivity contribution >= 4 is 37.8 Å². The summed E-state index contributed by atoms with van der Waals surface area (Å²) in [5, 5.41) is 0. The third-order valence-corrected chi connectivity index (χ3v) is 3.56. The topological polar surface area (TPSA) is 35.5 Å². The van der Waals surface area contributed by atoms with Crippen molar-refractivity contribution in [2.24, 2.45) is 0 Å². The molecule has 0 saturated heterocycles. The molecule has 3 nitrogen and oxygen atoms in total. The average molecular weight is 380 g/mol. The fourth-order valence-corrected chi connectivity index (χ4v) is 2.61. The molecular weight excluding hydrogens is 364 g/mol. The average Bonchev–Trinajstić information content (AvgIpc) is 2.36. The summed E-state index contributed by atoms with van der Waals surface area (Å²) in [4.78, 5) is 11.6. The van der Waals surface area contributed by atoms with E-state index in [1.165, 1.54) is 7.11 Å². The van der Waals surface area contributed by atoms with Gasteiger partial charge in [0.25, 0.3) is 0 Å². The van der Waals surface area contributed by atoms with E-state index in [1.54, 1.807) is 0 Å². The first-order valence-electron chi connectivity index (χ1n) is 5.78. The Morgan fingerprint density at radius 1 is 1.39 bits per heavy atom. The van der Waals surface area contributed by atoms with E-state index < -0.39 is 6.10 Å². The smallest absolute Gasteiger partial charge is 0.347 e. The normalized spacial score (nSPS) is 12.0. The Kier molecular flexibility index (Phi) is 6.71. The molecule has 1 atom stereocenters. The second-order valence-corrected chi connectivity index (χ2v) is 5.62. The molecule has 0 aliphatic carbocycles. The van der Waals surface area contributed by atoms with Gasteiger partial charge in [0.15, 0.2) is 6.10 Å². The third-order valence-electron chi connectivity index (χ3n) is 2.45. The second-order valence-electron chi connectivity index (χ2n) is 3.85. The maximum absolute atomic E-state index is 11.6. The van der Waals surface area contributed by atoms with Crippen LogP contribution in [-0.4, -0.2) is 19.2 Å². The first kappa shape index (κ1) is 15.5. The summed E-state index contributed by atoms with van der Waals surface area (Å²) in [5.41, 5.74) is 0. The Balaban J connectivity index is 2.78. The predicted molar refractivity (Wildman–Crippen MR) is 77.8 cm³/mol. The van der Waals surface area contributed by atoms with Crippen molar-refractivity contribution in [1.29, 1.82) is 0 Å². The molecule has 0 aromatic heterocycles. The molecule has 1 rings (SSSR count). The van der Waals surface area contributed by atoms with Gasteiger partial charge in [-0.15, -0.1) is 0 Å². The zero-order valence-corrected chi connectivity index (χ0v) is 13.6. The minimum Gasteiger partial charge on any atom is -0.478 e. The Labute approximate surface area is 124 Å². The van der Waals surface area contributed by atoms with Gasteiger partial charge in [0.2, 0.25) is 0 Å². The number of ether oxygens (including phenoxy) is 2. The standard InChI is InChI=1S/C13H16Br2O3/c1-3-4-5-12(13(16)17-2)18-11-7-6-9(14)8-10(11)15/h6-8,12H,3-5H2,1-2H3. The van der Waals surface area contributed by atoms with Crippen LogP contribution < -0.4 is 4.74 Å². The first-order chi connectivity index (χ1) is 8.58. The van der Waals surface area contributed by atoms with Gasteiger partial charge < -0.3 is 9.47 Å². The number of esters is 1. The second kappa shape index (κ2) is 7.79. The lowest BCUT2D eigenvalue weighted by Crippen LogP contribution is -2.28. The molecule has 0 fully saturated rings. The van der Waals surface area contributed by atoms with Gasteiger partial charge in [-0.05, 0) is 47.0 Å². The highest BCUT2D eigenvalue weighted by Gasteiger charge is 2.21. The van der Waals surface area contributed by atoms with Gasteiger partial charge in [-0.1, -0.05) is 29.3 Å². The van der Waals surface area contributed by atoms with Crippen LogP contribution in [0.3, 0.4) is 0 Å². The molecule has 1 aromatic carbocycles. The summed E-state index contributed by atoms with van der Waals surface area (Å²) in [6.45, 7) is 2.07. The highest BCUT2D eigenvalue weighted by molar-refractivity contribution is 9.11. The van der Waals surface area contributed by atoms with Crippen molar-refractivity contribution in [1.82, 2.24) is 0 Å². The van der Waals surface area contributed by atoms with Gasteiger partial charge >= 0.3 is 5.97 Å². The summed E-state index contributed by atoms with van der Waals surface area (Å²) in [6.07, 6.45) is 2.05. The van der Waals surface area contributed by atoms with E-state index in [2.05, 4.69) is 38.8 Å². The molecule has 0 heterocycles. The molecule has 0 aliphatic rings. The number of hydrogen-bond donors (Lipinski definition) is 0. The maximum Gasteiger partial charge on any atom is 0.347 e. The number of rotatable bonds is 6. The van der Waals surface area contributed by atoms with Crippen LogP contribution in [0.15, 0.2) is 27.1 Å². The number of unbranched alkanes of at least 4 members (excludes halogenated alkanes) is 1. The van der Waals surface area contributed by atoms with Crippen LogP contribution in [0.5, 0.6) is 5.75 Å². The van der Waals surface area contributed by atoms with Gasteiger partial charge in [-0.2, -0.15) is 0 Å².